The molecule has 8 heteroatoms. The van der Waals surface area contributed by atoms with E-state index in [1.165, 1.54) is 12.8 Å². The number of unbranched alkanes of at least 4 members (excludes halogenated alkanes) is 4. The number of alkyl carbamates (subject to hydrolysis) is 1. The molecule has 1 rings (SSSR count). The first-order valence-electron chi connectivity index (χ1n) is 11.1. The average molecular weight is 417 g/mol. The Labute approximate surface area is 174 Å². The number of amides is 1. The van der Waals surface area contributed by atoms with Gasteiger partial charge in [-0.25, -0.2) is 4.79 Å². The van der Waals surface area contributed by atoms with Crippen molar-refractivity contribution in [1.29, 1.82) is 0 Å². The molecule has 1 aliphatic rings. The van der Waals surface area contributed by atoms with E-state index in [0.29, 0.717) is 25.4 Å². The summed E-state index contributed by atoms with van der Waals surface area (Å²) in [5.74, 6) is -0.509. The van der Waals surface area contributed by atoms with E-state index in [2.05, 4.69) is 24.2 Å². The minimum absolute atomic E-state index is 0.0781. The predicted molar refractivity (Wildman–Crippen MR) is 111 cm³/mol. The maximum atomic E-state index is 12.2. The molecular weight excluding hydrogens is 376 g/mol. The van der Waals surface area contributed by atoms with Crippen molar-refractivity contribution in [1.82, 2.24) is 10.2 Å². The van der Waals surface area contributed by atoms with E-state index in [4.69, 9.17) is 19.7 Å². The van der Waals surface area contributed by atoms with Gasteiger partial charge < -0.3 is 29.9 Å². The van der Waals surface area contributed by atoms with Crippen LogP contribution in [-0.2, 0) is 14.3 Å². The lowest BCUT2D eigenvalue weighted by molar-refractivity contribution is -0.154. The van der Waals surface area contributed by atoms with Crippen LogP contribution in [0, 0.1) is 0 Å². The van der Waals surface area contributed by atoms with Crippen molar-refractivity contribution >= 4 is 12.1 Å². The number of aliphatic hydroxyl groups excluding tert-OH is 2. The average Bonchev–Trinajstić information content (AvgIpc) is 3.13. The van der Waals surface area contributed by atoms with Crippen molar-refractivity contribution in [3.05, 3.63) is 0 Å². The van der Waals surface area contributed by atoms with E-state index < -0.39 is 31.4 Å². The molecule has 1 saturated heterocycles. The van der Waals surface area contributed by atoms with E-state index in [1.54, 1.807) is 0 Å². The van der Waals surface area contributed by atoms with Crippen molar-refractivity contribution in [2.24, 2.45) is 0 Å². The summed E-state index contributed by atoms with van der Waals surface area (Å²) >= 11 is 0. The van der Waals surface area contributed by atoms with Gasteiger partial charge in [0.05, 0.1) is 13.2 Å². The van der Waals surface area contributed by atoms with Gasteiger partial charge in [0.2, 0.25) is 0 Å². The molecule has 0 radical (unpaired) electrons. The smallest absolute Gasteiger partial charge is 0.407 e. The standard InChI is InChI=1S/C21H40N2O6/c1-3-4-5-6-7-10-18(11-12-20(26)28-19(15-24)16-25)29-21(27)22-14-17-9-8-13-23(17)2/h17-19,24-25H,3-16H2,1-2H3,(H,22,27). The van der Waals surface area contributed by atoms with Crippen LogP contribution in [0.5, 0.6) is 0 Å². The number of nitrogens with zero attached hydrogens (tertiary/aromatic N) is 1. The van der Waals surface area contributed by atoms with Gasteiger partial charge in [0, 0.05) is 19.0 Å². The SMILES string of the molecule is CCCCCCCC(CCC(=O)OC(CO)CO)OC(=O)NCC1CCCN1C. The molecule has 0 spiro atoms. The minimum atomic E-state index is -0.900. The number of carbonyl (C=O) groups is 2. The lowest BCUT2D eigenvalue weighted by atomic mass is 10.0. The second-order valence-electron chi connectivity index (χ2n) is 7.90. The first-order valence-corrected chi connectivity index (χ1v) is 11.1. The van der Waals surface area contributed by atoms with Crippen molar-refractivity contribution in [3.63, 3.8) is 0 Å². The minimum Gasteiger partial charge on any atom is -0.457 e. The van der Waals surface area contributed by atoms with Crippen molar-refractivity contribution < 1.29 is 29.3 Å². The summed E-state index contributed by atoms with van der Waals surface area (Å²) in [6.45, 7) is 2.94. The molecule has 1 fully saturated rings. The summed E-state index contributed by atoms with van der Waals surface area (Å²) in [6.07, 6.45) is 7.19. The van der Waals surface area contributed by atoms with Crippen molar-refractivity contribution in [2.75, 3.05) is 33.4 Å². The molecule has 0 aromatic carbocycles. The number of likely N-dealkylation sites (N-methyl/N-ethyl adjacent to an activating group) is 1. The molecule has 3 N–H and O–H groups in total. The molecule has 2 atom stereocenters. The fourth-order valence-electron chi connectivity index (χ4n) is 3.53. The monoisotopic (exact) mass is 416 g/mol. The van der Waals surface area contributed by atoms with E-state index in [1.807, 2.05) is 0 Å². The third-order valence-electron chi connectivity index (χ3n) is 5.43. The Balaban J connectivity index is 2.41. The van der Waals surface area contributed by atoms with E-state index in [0.717, 1.165) is 38.6 Å². The quantitative estimate of drug-likeness (QED) is 0.277. The Morgan fingerprint density at radius 3 is 2.41 bits per heavy atom. The van der Waals surface area contributed by atoms with E-state index in [9.17, 15) is 9.59 Å². The van der Waals surface area contributed by atoms with Crippen LogP contribution in [0.25, 0.3) is 0 Å². The highest BCUT2D eigenvalue weighted by atomic mass is 16.6. The second-order valence-corrected chi connectivity index (χ2v) is 7.90. The van der Waals surface area contributed by atoms with Gasteiger partial charge in [0.1, 0.15) is 12.2 Å². The topological polar surface area (TPSA) is 108 Å². The molecule has 1 amide bonds. The predicted octanol–water partition coefficient (Wildman–Crippen LogP) is 2.21. The number of esters is 1. The van der Waals surface area contributed by atoms with Crippen LogP contribution < -0.4 is 5.32 Å². The lowest BCUT2D eigenvalue weighted by Crippen LogP contribution is -2.39. The van der Waals surface area contributed by atoms with Crippen LogP contribution in [0.15, 0.2) is 0 Å². The van der Waals surface area contributed by atoms with Crippen LogP contribution in [-0.4, -0.2) is 78.8 Å². The number of rotatable bonds is 15. The Morgan fingerprint density at radius 2 is 1.79 bits per heavy atom. The van der Waals surface area contributed by atoms with Gasteiger partial charge in [-0.1, -0.05) is 32.6 Å². The van der Waals surface area contributed by atoms with Gasteiger partial charge in [-0.15, -0.1) is 0 Å². The highest BCUT2D eigenvalue weighted by Crippen LogP contribution is 2.16. The first kappa shape index (κ1) is 25.7. The molecule has 8 nitrogen and oxygen atoms in total. The van der Waals surface area contributed by atoms with Gasteiger partial charge in [0.15, 0.2) is 0 Å². The van der Waals surface area contributed by atoms with Gasteiger partial charge in [-0.3, -0.25) is 4.79 Å². The molecule has 0 aromatic rings. The number of hydrogen-bond donors (Lipinski definition) is 3. The van der Waals surface area contributed by atoms with Crippen LogP contribution in [0.4, 0.5) is 4.79 Å². The van der Waals surface area contributed by atoms with Crippen LogP contribution in [0.3, 0.4) is 0 Å². The molecular formula is C21H40N2O6. The molecule has 29 heavy (non-hydrogen) atoms. The number of aliphatic hydroxyl groups is 2. The van der Waals surface area contributed by atoms with Crippen molar-refractivity contribution in [3.8, 4) is 0 Å². The molecule has 0 aliphatic carbocycles. The molecule has 1 heterocycles. The third-order valence-corrected chi connectivity index (χ3v) is 5.43. The molecule has 2 unspecified atom stereocenters. The highest BCUT2D eigenvalue weighted by Gasteiger charge is 2.23. The number of hydrogen-bond acceptors (Lipinski definition) is 7. The maximum Gasteiger partial charge on any atom is 0.407 e. The highest BCUT2D eigenvalue weighted by molar-refractivity contribution is 5.70. The molecule has 0 bridgehead atoms. The molecule has 0 saturated carbocycles. The Kier molecular flexibility index (Phi) is 13.7. The number of ether oxygens (including phenoxy) is 2. The van der Waals surface area contributed by atoms with E-state index in [-0.39, 0.29) is 12.5 Å². The fraction of sp³-hybridized carbons (Fsp3) is 0.905. The van der Waals surface area contributed by atoms with Gasteiger partial charge >= 0.3 is 12.1 Å². The van der Waals surface area contributed by atoms with Crippen LogP contribution in [0.2, 0.25) is 0 Å². The molecule has 170 valence electrons. The Hall–Kier alpha value is -1.38. The zero-order valence-electron chi connectivity index (χ0n) is 18.1. The fourth-order valence-corrected chi connectivity index (χ4v) is 3.53. The van der Waals surface area contributed by atoms with Gasteiger partial charge in [0.25, 0.3) is 0 Å². The molecule has 0 aromatic heterocycles. The first-order chi connectivity index (χ1) is 14.0. The maximum absolute atomic E-state index is 12.2. The zero-order chi connectivity index (χ0) is 21.5. The summed E-state index contributed by atoms with van der Waals surface area (Å²) in [5, 5.41) is 20.9. The van der Waals surface area contributed by atoms with Crippen LogP contribution >= 0.6 is 0 Å². The molecule has 1 aliphatic heterocycles. The van der Waals surface area contributed by atoms with Gasteiger partial charge in [-0.2, -0.15) is 0 Å². The summed E-state index contributed by atoms with van der Waals surface area (Å²) in [4.78, 5) is 26.4. The third kappa shape index (κ3) is 11.4. The summed E-state index contributed by atoms with van der Waals surface area (Å²) in [7, 11) is 2.06. The van der Waals surface area contributed by atoms with Crippen molar-refractivity contribution in [2.45, 2.75) is 89.4 Å². The van der Waals surface area contributed by atoms with Gasteiger partial charge in [-0.05, 0) is 45.7 Å². The summed E-state index contributed by atoms with van der Waals surface area (Å²) in [5.41, 5.74) is 0. The van der Waals surface area contributed by atoms with Crippen LogP contribution in [0.1, 0.15) is 71.1 Å². The van der Waals surface area contributed by atoms with E-state index >= 15 is 0 Å². The largest absolute Gasteiger partial charge is 0.457 e. The normalized spacial score (nSPS) is 18.0. The number of carbonyl (C=O) groups excluding carboxylic acids is 2. The number of nitrogens with one attached hydrogen (secondary N) is 1. The summed E-state index contributed by atoms with van der Waals surface area (Å²) < 4.78 is 10.6. The summed E-state index contributed by atoms with van der Waals surface area (Å²) in [6, 6.07) is 0.346. The lowest BCUT2D eigenvalue weighted by Gasteiger charge is -2.22. The second kappa shape index (κ2) is 15.5. The Morgan fingerprint density at radius 1 is 1.07 bits per heavy atom. The zero-order valence-corrected chi connectivity index (χ0v) is 18.1. The number of likely N-dealkylation sites (tertiary alicyclic amines) is 1. The Bertz CT molecular complexity index is 458.